The maximum Gasteiger partial charge on any atom is 0.317 e. The average molecular weight is 368 g/mol. The summed E-state index contributed by atoms with van der Waals surface area (Å²) in [5.41, 5.74) is 0. The summed E-state index contributed by atoms with van der Waals surface area (Å²) >= 11 is 0. The number of likely N-dealkylation sites (N-methyl/N-ethyl adjacent to an activating group) is 1. The molecule has 1 saturated carbocycles. The second kappa shape index (κ2) is 10.1. The number of amides is 2. The molecule has 26 heavy (non-hydrogen) atoms. The highest BCUT2D eigenvalue weighted by Gasteiger charge is 2.28. The number of aliphatic carboxylic acids is 1. The molecule has 2 N–H and O–H groups in total. The number of carbonyl (C=O) groups is 2. The number of hydrogen-bond acceptors (Lipinski definition) is 3. The van der Waals surface area contributed by atoms with Gasteiger partial charge in [0.15, 0.2) is 0 Å². The largest absolute Gasteiger partial charge is 0.480 e. The van der Waals surface area contributed by atoms with Gasteiger partial charge in [-0.2, -0.15) is 0 Å². The highest BCUT2D eigenvalue weighted by Crippen LogP contribution is 2.32. The molecule has 150 valence electrons. The van der Waals surface area contributed by atoms with Crippen LogP contribution >= 0.6 is 0 Å². The fourth-order valence-electron chi connectivity index (χ4n) is 4.51. The van der Waals surface area contributed by atoms with E-state index in [9.17, 15) is 9.59 Å². The number of hydrogen-bond donors (Lipinski definition) is 2. The first kappa shape index (κ1) is 21.0. The normalized spacial score (nSPS) is 24.9. The topological polar surface area (TPSA) is 72.9 Å². The van der Waals surface area contributed by atoms with Gasteiger partial charge >= 0.3 is 12.0 Å². The van der Waals surface area contributed by atoms with Crippen molar-refractivity contribution in [1.82, 2.24) is 15.1 Å². The maximum absolute atomic E-state index is 12.4. The molecule has 0 aromatic heterocycles. The van der Waals surface area contributed by atoms with Crippen LogP contribution in [0.15, 0.2) is 0 Å². The molecule has 0 spiro atoms. The molecule has 2 amide bonds. The lowest BCUT2D eigenvalue weighted by molar-refractivity contribution is -0.139. The third-order valence-corrected chi connectivity index (χ3v) is 6.39. The molecule has 2 rings (SSSR count). The number of urea groups is 1. The van der Waals surface area contributed by atoms with E-state index in [1.165, 1.54) is 25.7 Å². The monoisotopic (exact) mass is 367 g/mol. The summed E-state index contributed by atoms with van der Waals surface area (Å²) in [5, 5.41) is 12.1. The van der Waals surface area contributed by atoms with Crippen molar-refractivity contribution in [3.63, 3.8) is 0 Å². The Morgan fingerprint density at radius 1 is 1.12 bits per heavy atom. The second-order valence-corrected chi connectivity index (χ2v) is 8.39. The molecule has 1 aliphatic carbocycles. The van der Waals surface area contributed by atoms with E-state index in [1.54, 1.807) is 0 Å². The van der Waals surface area contributed by atoms with Gasteiger partial charge in [0.25, 0.3) is 0 Å². The van der Waals surface area contributed by atoms with Crippen LogP contribution in [-0.2, 0) is 4.79 Å². The van der Waals surface area contributed by atoms with Gasteiger partial charge in [-0.15, -0.1) is 0 Å². The van der Waals surface area contributed by atoms with Gasteiger partial charge in [0.2, 0.25) is 0 Å². The lowest BCUT2D eigenvalue weighted by atomic mass is 9.77. The molecule has 0 radical (unpaired) electrons. The number of rotatable bonds is 7. The van der Waals surface area contributed by atoms with Gasteiger partial charge < -0.3 is 15.3 Å². The predicted molar refractivity (Wildman–Crippen MR) is 103 cm³/mol. The third-order valence-electron chi connectivity index (χ3n) is 6.39. The van der Waals surface area contributed by atoms with Crippen molar-refractivity contribution in [2.24, 2.45) is 17.8 Å². The molecular weight excluding hydrogens is 330 g/mol. The molecule has 0 aromatic carbocycles. The Labute approximate surface area is 158 Å². The molecule has 1 aliphatic heterocycles. The Morgan fingerprint density at radius 2 is 1.73 bits per heavy atom. The Hall–Kier alpha value is -1.30. The van der Waals surface area contributed by atoms with Crippen molar-refractivity contribution < 1.29 is 14.7 Å². The molecule has 6 nitrogen and oxygen atoms in total. The summed E-state index contributed by atoms with van der Waals surface area (Å²) in [6.45, 7) is 9.67. The van der Waals surface area contributed by atoms with Crippen molar-refractivity contribution in [2.45, 2.75) is 65.3 Å². The van der Waals surface area contributed by atoms with E-state index in [0.29, 0.717) is 19.0 Å². The van der Waals surface area contributed by atoms with E-state index in [4.69, 9.17) is 5.11 Å². The highest BCUT2D eigenvalue weighted by atomic mass is 16.4. The van der Waals surface area contributed by atoms with Crippen LogP contribution in [-0.4, -0.2) is 65.7 Å². The zero-order valence-electron chi connectivity index (χ0n) is 16.7. The molecular formula is C20H37N3O3. The lowest BCUT2D eigenvalue weighted by Gasteiger charge is -2.37. The zero-order chi connectivity index (χ0) is 19.1. The van der Waals surface area contributed by atoms with E-state index in [-0.39, 0.29) is 18.6 Å². The first-order chi connectivity index (χ1) is 12.4. The van der Waals surface area contributed by atoms with Gasteiger partial charge in [0, 0.05) is 25.7 Å². The van der Waals surface area contributed by atoms with E-state index >= 15 is 0 Å². The number of carbonyl (C=O) groups excluding carboxylic acids is 1. The first-order valence-corrected chi connectivity index (χ1v) is 10.4. The summed E-state index contributed by atoms with van der Waals surface area (Å²) < 4.78 is 0. The predicted octanol–water partition coefficient (Wildman–Crippen LogP) is 3.03. The fraction of sp³-hybridized carbons (Fsp3) is 0.900. The molecule has 0 unspecified atom stereocenters. The van der Waals surface area contributed by atoms with Gasteiger partial charge in [0.05, 0.1) is 6.54 Å². The van der Waals surface area contributed by atoms with Gasteiger partial charge in [-0.1, -0.05) is 20.8 Å². The molecule has 0 atom stereocenters. The molecule has 0 aromatic rings. The van der Waals surface area contributed by atoms with Crippen LogP contribution in [0.25, 0.3) is 0 Å². The van der Waals surface area contributed by atoms with Crippen LogP contribution in [0, 0.1) is 17.8 Å². The van der Waals surface area contributed by atoms with Crippen LogP contribution in [0.1, 0.15) is 59.3 Å². The van der Waals surface area contributed by atoms with E-state index in [2.05, 4.69) is 19.2 Å². The molecule has 2 aliphatic rings. The van der Waals surface area contributed by atoms with E-state index < -0.39 is 5.97 Å². The smallest absolute Gasteiger partial charge is 0.317 e. The SMILES string of the molecule is CCN(CC(=O)O)C1CCN(C(=O)NCC2CCC(C(C)C)CC2)CC1. The second-order valence-electron chi connectivity index (χ2n) is 8.39. The van der Waals surface area contributed by atoms with E-state index in [0.717, 1.165) is 37.8 Å². The molecule has 1 saturated heterocycles. The lowest BCUT2D eigenvalue weighted by Crippen LogP contribution is -2.51. The van der Waals surface area contributed by atoms with Crippen molar-refractivity contribution >= 4 is 12.0 Å². The standard InChI is InChI=1S/C20H37N3O3/c1-4-22(14-19(24)25)18-9-11-23(12-10-18)20(26)21-13-16-5-7-17(8-6-16)15(2)3/h15-18H,4-14H2,1-3H3,(H,21,26)(H,24,25). The van der Waals surface area contributed by atoms with Crippen LogP contribution < -0.4 is 5.32 Å². The fourth-order valence-corrected chi connectivity index (χ4v) is 4.51. The summed E-state index contributed by atoms with van der Waals surface area (Å²) in [6, 6.07) is 0.321. The summed E-state index contributed by atoms with van der Waals surface area (Å²) in [6.07, 6.45) is 6.75. The molecule has 2 fully saturated rings. The van der Waals surface area contributed by atoms with Crippen LogP contribution in [0.5, 0.6) is 0 Å². The number of nitrogens with one attached hydrogen (secondary N) is 1. The quantitative estimate of drug-likeness (QED) is 0.725. The van der Waals surface area contributed by atoms with Crippen LogP contribution in [0.3, 0.4) is 0 Å². The number of carboxylic acid groups (broad SMARTS) is 1. The first-order valence-electron chi connectivity index (χ1n) is 10.4. The van der Waals surface area contributed by atoms with Crippen LogP contribution in [0.4, 0.5) is 4.79 Å². The summed E-state index contributed by atoms with van der Waals surface area (Å²) in [7, 11) is 0. The number of carboxylic acids is 1. The van der Waals surface area contributed by atoms with Crippen molar-refractivity contribution in [3.05, 3.63) is 0 Å². The number of nitrogens with zero attached hydrogens (tertiary/aromatic N) is 2. The molecule has 0 bridgehead atoms. The Bertz CT molecular complexity index is 453. The molecule has 6 heteroatoms. The van der Waals surface area contributed by atoms with Gasteiger partial charge in [-0.05, 0) is 62.8 Å². The maximum atomic E-state index is 12.4. The summed E-state index contributed by atoms with van der Waals surface area (Å²) in [4.78, 5) is 27.3. The van der Waals surface area contributed by atoms with Crippen molar-refractivity contribution in [1.29, 1.82) is 0 Å². The zero-order valence-corrected chi connectivity index (χ0v) is 16.7. The highest BCUT2D eigenvalue weighted by molar-refractivity contribution is 5.74. The van der Waals surface area contributed by atoms with Crippen molar-refractivity contribution in [3.8, 4) is 0 Å². The summed E-state index contributed by atoms with van der Waals surface area (Å²) in [5.74, 6) is 1.47. The Balaban J connectivity index is 1.68. The minimum atomic E-state index is -0.779. The number of piperidine rings is 1. The Kier molecular flexibility index (Phi) is 8.19. The van der Waals surface area contributed by atoms with Gasteiger partial charge in [0.1, 0.15) is 0 Å². The van der Waals surface area contributed by atoms with Crippen LogP contribution in [0.2, 0.25) is 0 Å². The van der Waals surface area contributed by atoms with E-state index in [1.807, 2.05) is 16.7 Å². The van der Waals surface area contributed by atoms with Gasteiger partial charge in [-0.25, -0.2) is 4.79 Å². The average Bonchev–Trinajstić information content (AvgIpc) is 2.64. The molecule has 1 heterocycles. The minimum Gasteiger partial charge on any atom is -0.480 e. The minimum absolute atomic E-state index is 0.0516. The van der Waals surface area contributed by atoms with Crippen molar-refractivity contribution in [2.75, 3.05) is 32.7 Å². The van der Waals surface area contributed by atoms with Gasteiger partial charge in [-0.3, -0.25) is 9.69 Å². The Morgan fingerprint density at radius 3 is 2.23 bits per heavy atom. The third kappa shape index (κ3) is 6.15. The number of likely N-dealkylation sites (tertiary alicyclic amines) is 1.